The lowest BCUT2D eigenvalue weighted by Crippen LogP contribution is -2.11. The van der Waals surface area contributed by atoms with Crippen LogP contribution in [-0.4, -0.2) is 11.2 Å². The van der Waals surface area contributed by atoms with Gasteiger partial charge in [0.25, 0.3) is 0 Å². The van der Waals surface area contributed by atoms with E-state index < -0.39 is 0 Å². The molecule has 1 N–H and O–H groups in total. The van der Waals surface area contributed by atoms with Crippen molar-refractivity contribution >= 4 is 15.9 Å². The fraction of sp³-hybridized carbons (Fsp3) is 0.538. The molecule has 0 amide bonds. The van der Waals surface area contributed by atoms with Crippen LogP contribution in [0.25, 0.3) is 0 Å². The first-order chi connectivity index (χ1) is 7.49. The van der Waals surface area contributed by atoms with Crippen molar-refractivity contribution in [3.05, 3.63) is 34.1 Å². The number of benzene rings is 1. The van der Waals surface area contributed by atoms with E-state index in [4.69, 9.17) is 0 Å². The van der Waals surface area contributed by atoms with Crippen molar-refractivity contribution in [2.45, 2.75) is 39.2 Å². The van der Waals surface area contributed by atoms with Gasteiger partial charge in [0.2, 0.25) is 0 Å². The van der Waals surface area contributed by atoms with Crippen LogP contribution in [0.2, 0.25) is 0 Å². The molecule has 0 aliphatic carbocycles. The Balaban J connectivity index is 2.51. The summed E-state index contributed by atoms with van der Waals surface area (Å²) in [5.74, 6) is 0.280. The molecule has 0 radical (unpaired) electrons. The zero-order valence-electron chi connectivity index (χ0n) is 9.71. The van der Waals surface area contributed by atoms with E-state index in [1.54, 1.807) is 12.1 Å². The summed E-state index contributed by atoms with van der Waals surface area (Å²) in [6.07, 6.45) is 1.64. The predicted molar refractivity (Wildman–Crippen MR) is 67.9 cm³/mol. The maximum absolute atomic E-state index is 13.4. The van der Waals surface area contributed by atoms with Gasteiger partial charge in [-0.3, -0.25) is 0 Å². The summed E-state index contributed by atoms with van der Waals surface area (Å²) in [5.41, 5.74) is 0.664. The summed E-state index contributed by atoms with van der Waals surface area (Å²) < 4.78 is 14.3. The third-order valence-electron chi connectivity index (χ3n) is 2.50. The lowest BCUT2D eigenvalue weighted by molar-refractivity contribution is 0.139. The lowest BCUT2D eigenvalue weighted by atomic mass is 9.99. The van der Waals surface area contributed by atoms with Crippen molar-refractivity contribution in [2.24, 2.45) is 5.92 Å². The molecule has 0 aromatic heterocycles. The molecule has 3 heteroatoms. The van der Waals surface area contributed by atoms with E-state index >= 15 is 0 Å². The molecule has 1 rings (SSSR count). The Labute approximate surface area is 105 Å². The molecule has 0 fully saturated rings. The van der Waals surface area contributed by atoms with Gasteiger partial charge >= 0.3 is 0 Å². The average molecular weight is 289 g/mol. The van der Waals surface area contributed by atoms with E-state index in [9.17, 15) is 9.50 Å². The van der Waals surface area contributed by atoms with Gasteiger partial charge < -0.3 is 5.11 Å². The lowest BCUT2D eigenvalue weighted by Gasteiger charge is -2.13. The molecule has 0 aliphatic rings. The molecule has 0 saturated carbocycles. The van der Waals surface area contributed by atoms with Crippen LogP contribution in [0, 0.1) is 11.7 Å². The summed E-state index contributed by atoms with van der Waals surface area (Å²) in [5, 5.41) is 9.71. The van der Waals surface area contributed by atoms with Crippen molar-refractivity contribution in [3.8, 4) is 0 Å². The standard InChI is InChI=1S/C13H18BrFO/c1-9(2)7-12(16)5-3-10-8-11(14)4-6-13(10)15/h4,6,8-9,12,16H,3,5,7H2,1-2H3. The highest BCUT2D eigenvalue weighted by Crippen LogP contribution is 2.18. The fourth-order valence-corrected chi connectivity index (χ4v) is 2.13. The highest BCUT2D eigenvalue weighted by Gasteiger charge is 2.09. The van der Waals surface area contributed by atoms with E-state index in [0.29, 0.717) is 24.3 Å². The Hall–Kier alpha value is -0.410. The van der Waals surface area contributed by atoms with Crippen LogP contribution in [0.4, 0.5) is 4.39 Å². The van der Waals surface area contributed by atoms with Gasteiger partial charge in [-0.25, -0.2) is 4.39 Å². The second-order valence-electron chi connectivity index (χ2n) is 4.56. The van der Waals surface area contributed by atoms with Gasteiger partial charge in [-0.05, 0) is 48.9 Å². The number of aryl methyl sites for hydroxylation is 1. The van der Waals surface area contributed by atoms with Crippen LogP contribution in [-0.2, 0) is 6.42 Å². The Kier molecular flexibility index (Phi) is 5.42. The van der Waals surface area contributed by atoms with Gasteiger partial charge in [0.05, 0.1) is 6.10 Å². The second kappa shape index (κ2) is 6.36. The van der Waals surface area contributed by atoms with Crippen molar-refractivity contribution in [1.82, 2.24) is 0 Å². The summed E-state index contributed by atoms with van der Waals surface area (Å²) in [7, 11) is 0. The number of halogens is 2. The first-order valence-corrected chi connectivity index (χ1v) is 6.40. The molecule has 0 aliphatic heterocycles. The summed E-state index contributed by atoms with van der Waals surface area (Å²) in [6, 6.07) is 4.91. The maximum atomic E-state index is 13.4. The van der Waals surface area contributed by atoms with Gasteiger partial charge in [0.1, 0.15) is 5.82 Å². The summed E-state index contributed by atoms with van der Waals surface area (Å²) >= 11 is 3.31. The Bertz CT molecular complexity index is 339. The molecule has 16 heavy (non-hydrogen) atoms. The van der Waals surface area contributed by atoms with E-state index in [1.165, 1.54) is 6.07 Å². The first kappa shape index (κ1) is 13.7. The molecule has 90 valence electrons. The Morgan fingerprint density at radius 1 is 1.38 bits per heavy atom. The molecule has 1 atom stereocenters. The van der Waals surface area contributed by atoms with Gasteiger partial charge in [0.15, 0.2) is 0 Å². The predicted octanol–water partition coefficient (Wildman–Crippen LogP) is 3.93. The highest BCUT2D eigenvalue weighted by atomic mass is 79.9. The molecular formula is C13H18BrFO. The minimum absolute atomic E-state index is 0.194. The number of aliphatic hydroxyl groups is 1. The third kappa shape index (κ3) is 4.62. The Morgan fingerprint density at radius 2 is 2.06 bits per heavy atom. The van der Waals surface area contributed by atoms with Crippen LogP contribution in [0.15, 0.2) is 22.7 Å². The van der Waals surface area contributed by atoms with Crippen molar-refractivity contribution in [2.75, 3.05) is 0 Å². The van der Waals surface area contributed by atoms with Crippen molar-refractivity contribution in [1.29, 1.82) is 0 Å². The number of hydrogen-bond acceptors (Lipinski definition) is 1. The minimum atomic E-state index is -0.335. The monoisotopic (exact) mass is 288 g/mol. The summed E-state index contributed by atoms with van der Waals surface area (Å²) in [6.45, 7) is 4.14. The molecule has 0 spiro atoms. The van der Waals surface area contributed by atoms with Crippen LogP contribution in [0.1, 0.15) is 32.3 Å². The smallest absolute Gasteiger partial charge is 0.126 e. The molecule has 0 saturated heterocycles. The second-order valence-corrected chi connectivity index (χ2v) is 5.47. The maximum Gasteiger partial charge on any atom is 0.126 e. The van der Waals surface area contributed by atoms with E-state index in [1.807, 2.05) is 0 Å². The van der Waals surface area contributed by atoms with E-state index in [-0.39, 0.29) is 11.9 Å². The van der Waals surface area contributed by atoms with Crippen molar-refractivity contribution < 1.29 is 9.50 Å². The van der Waals surface area contributed by atoms with Crippen molar-refractivity contribution in [3.63, 3.8) is 0 Å². The number of rotatable bonds is 5. The first-order valence-electron chi connectivity index (χ1n) is 5.61. The fourth-order valence-electron chi connectivity index (χ4n) is 1.72. The van der Waals surface area contributed by atoms with Gasteiger partial charge in [-0.1, -0.05) is 29.8 Å². The topological polar surface area (TPSA) is 20.2 Å². The quantitative estimate of drug-likeness (QED) is 0.870. The molecular weight excluding hydrogens is 271 g/mol. The SMILES string of the molecule is CC(C)CC(O)CCc1cc(Br)ccc1F. The number of hydrogen-bond donors (Lipinski definition) is 1. The van der Waals surface area contributed by atoms with Crippen LogP contribution >= 0.6 is 15.9 Å². The molecule has 1 aromatic rings. The zero-order chi connectivity index (χ0) is 12.1. The molecule has 1 unspecified atom stereocenters. The summed E-state index contributed by atoms with van der Waals surface area (Å²) in [4.78, 5) is 0. The van der Waals surface area contributed by atoms with Gasteiger partial charge in [-0.15, -0.1) is 0 Å². The molecule has 1 aromatic carbocycles. The molecule has 0 bridgehead atoms. The largest absolute Gasteiger partial charge is 0.393 e. The normalized spacial score (nSPS) is 13.1. The molecule has 0 heterocycles. The van der Waals surface area contributed by atoms with Crippen LogP contribution in [0.5, 0.6) is 0 Å². The Morgan fingerprint density at radius 3 is 2.69 bits per heavy atom. The zero-order valence-corrected chi connectivity index (χ0v) is 11.3. The van der Waals surface area contributed by atoms with Gasteiger partial charge in [-0.2, -0.15) is 0 Å². The minimum Gasteiger partial charge on any atom is -0.393 e. The number of aliphatic hydroxyl groups excluding tert-OH is 1. The van der Waals surface area contributed by atoms with Crippen LogP contribution in [0.3, 0.4) is 0 Å². The third-order valence-corrected chi connectivity index (χ3v) is 2.99. The average Bonchev–Trinajstić information content (AvgIpc) is 2.18. The highest BCUT2D eigenvalue weighted by molar-refractivity contribution is 9.10. The van der Waals surface area contributed by atoms with E-state index in [0.717, 1.165) is 10.9 Å². The van der Waals surface area contributed by atoms with E-state index in [2.05, 4.69) is 29.8 Å². The van der Waals surface area contributed by atoms with Crippen LogP contribution < -0.4 is 0 Å². The van der Waals surface area contributed by atoms with Gasteiger partial charge in [0, 0.05) is 4.47 Å². The molecule has 1 nitrogen and oxygen atoms in total.